The van der Waals surface area contributed by atoms with Crippen LogP contribution in [0.3, 0.4) is 0 Å². The number of ketones is 1. The molecule has 4 amide bonds. The summed E-state index contributed by atoms with van der Waals surface area (Å²) in [6, 6.07) is 4.46. The normalized spacial score (nSPS) is 13.5. The summed E-state index contributed by atoms with van der Waals surface area (Å²) in [7, 11) is 0. The van der Waals surface area contributed by atoms with Crippen LogP contribution in [0.15, 0.2) is 30.3 Å². The molecule has 0 fully saturated rings. The summed E-state index contributed by atoms with van der Waals surface area (Å²) in [5.74, 6) is -3.64. The highest BCUT2D eigenvalue weighted by atomic mass is 16.3. The lowest BCUT2D eigenvalue weighted by Gasteiger charge is -2.18. The smallest absolute Gasteiger partial charge is 0.244 e. The van der Waals surface area contributed by atoms with Crippen LogP contribution in [0, 0.1) is 5.92 Å². The van der Waals surface area contributed by atoms with Gasteiger partial charge in [-0.25, -0.2) is 0 Å². The fourth-order valence-electron chi connectivity index (χ4n) is 3.21. The molecule has 0 aliphatic heterocycles. The van der Waals surface area contributed by atoms with Crippen molar-refractivity contribution in [3.63, 3.8) is 0 Å². The molecule has 0 aliphatic carbocycles. The minimum atomic E-state index is -0.913. The van der Waals surface area contributed by atoms with Crippen LogP contribution in [0.4, 0.5) is 0 Å². The van der Waals surface area contributed by atoms with Gasteiger partial charge in [0.2, 0.25) is 23.6 Å². The number of phenolic OH excluding ortho intramolecular Hbond substituents is 1. The number of nitrogens with one attached hydrogen (secondary N) is 2. The predicted octanol–water partition coefficient (Wildman–Crippen LogP) is -0.150. The Morgan fingerprint density at radius 2 is 1.63 bits per heavy atom. The quantitative estimate of drug-likeness (QED) is 0.136. The minimum Gasteiger partial charge on any atom is -0.508 e. The van der Waals surface area contributed by atoms with Gasteiger partial charge in [0.25, 0.3) is 0 Å². The highest BCUT2D eigenvalue weighted by Gasteiger charge is 2.25. The second kappa shape index (κ2) is 15.2. The van der Waals surface area contributed by atoms with Crippen LogP contribution in [-0.2, 0) is 24.0 Å². The molecule has 9 N–H and O–H groups in total. The summed E-state index contributed by atoms with van der Waals surface area (Å²) >= 11 is 0. The molecule has 192 valence electrons. The van der Waals surface area contributed by atoms with Crippen molar-refractivity contribution in [1.82, 2.24) is 10.6 Å². The second-order valence-corrected chi connectivity index (χ2v) is 8.27. The van der Waals surface area contributed by atoms with Gasteiger partial charge in [-0.15, -0.1) is 0 Å². The Hall–Kier alpha value is -3.73. The molecule has 1 aromatic rings. The largest absolute Gasteiger partial charge is 0.508 e. The first kappa shape index (κ1) is 29.3. The summed E-state index contributed by atoms with van der Waals surface area (Å²) in [4.78, 5) is 60.2. The van der Waals surface area contributed by atoms with Gasteiger partial charge in [0, 0.05) is 24.8 Å². The summed E-state index contributed by atoms with van der Waals surface area (Å²) in [5, 5.41) is 14.3. The number of carbonyl (C=O) groups excluding carboxylic acids is 5. The van der Waals surface area contributed by atoms with E-state index in [2.05, 4.69) is 10.6 Å². The van der Waals surface area contributed by atoms with Gasteiger partial charge in [-0.2, -0.15) is 0 Å². The fourth-order valence-corrected chi connectivity index (χ4v) is 3.21. The number of benzene rings is 1. The zero-order chi connectivity index (χ0) is 26.4. The van der Waals surface area contributed by atoms with Gasteiger partial charge in [0.1, 0.15) is 11.8 Å². The molecule has 0 aromatic heterocycles. The summed E-state index contributed by atoms with van der Waals surface area (Å²) in [6.07, 6.45) is 4.06. The highest BCUT2D eigenvalue weighted by Crippen LogP contribution is 2.14. The number of rotatable bonds is 16. The SMILES string of the molecule is CC(NC(=O)/C=C/c1ccc(O)cc1)C(=O)C[C@@H](CCC(=O)NC(CCCCN)C(N)=O)C(N)=O. The molecule has 3 atom stereocenters. The zero-order valence-electron chi connectivity index (χ0n) is 19.9. The molecule has 0 radical (unpaired) electrons. The Morgan fingerprint density at radius 1 is 0.971 bits per heavy atom. The molecule has 35 heavy (non-hydrogen) atoms. The van der Waals surface area contributed by atoms with E-state index in [4.69, 9.17) is 17.2 Å². The molecule has 0 saturated heterocycles. The summed E-state index contributed by atoms with van der Waals surface area (Å²) < 4.78 is 0. The Balaban J connectivity index is 2.56. The molecule has 1 aromatic carbocycles. The Kier molecular flexibility index (Phi) is 12.7. The number of carbonyl (C=O) groups is 5. The summed E-state index contributed by atoms with van der Waals surface area (Å²) in [6.45, 7) is 1.94. The zero-order valence-corrected chi connectivity index (χ0v) is 19.9. The molecule has 1 rings (SSSR count). The molecule has 2 unspecified atom stereocenters. The van der Waals surface area contributed by atoms with Crippen molar-refractivity contribution >= 4 is 35.5 Å². The number of nitrogens with two attached hydrogens (primary N) is 3. The van der Waals surface area contributed by atoms with Crippen molar-refractivity contribution in [3.05, 3.63) is 35.9 Å². The molecule has 11 nitrogen and oxygen atoms in total. The van der Waals surface area contributed by atoms with Crippen LogP contribution in [0.1, 0.15) is 51.0 Å². The van der Waals surface area contributed by atoms with Gasteiger partial charge in [-0.1, -0.05) is 12.1 Å². The van der Waals surface area contributed by atoms with E-state index in [1.807, 2.05) is 0 Å². The monoisotopic (exact) mass is 489 g/mol. The fraction of sp³-hybridized carbons (Fsp3) is 0.458. The van der Waals surface area contributed by atoms with E-state index in [0.29, 0.717) is 31.4 Å². The number of hydrogen-bond donors (Lipinski definition) is 6. The van der Waals surface area contributed by atoms with E-state index in [1.165, 1.54) is 31.2 Å². The maximum Gasteiger partial charge on any atom is 0.244 e. The van der Waals surface area contributed by atoms with Crippen molar-refractivity contribution in [2.75, 3.05) is 6.54 Å². The average Bonchev–Trinajstić information content (AvgIpc) is 2.80. The first-order valence-electron chi connectivity index (χ1n) is 11.4. The molecule has 11 heteroatoms. The lowest BCUT2D eigenvalue weighted by Crippen LogP contribution is -2.44. The van der Waals surface area contributed by atoms with Crippen LogP contribution < -0.4 is 27.8 Å². The maximum atomic E-state index is 12.5. The number of aromatic hydroxyl groups is 1. The van der Waals surface area contributed by atoms with Crippen molar-refractivity contribution in [1.29, 1.82) is 0 Å². The molecule has 0 saturated carbocycles. The van der Waals surface area contributed by atoms with Crippen molar-refractivity contribution in [2.45, 2.75) is 57.5 Å². The van der Waals surface area contributed by atoms with E-state index in [0.717, 1.165) is 0 Å². The Morgan fingerprint density at radius 3 is 2.20 bits per heavy atom. The van der Waals surface area contributed by atoms with Crippen molar-refractivity contribution in [2.24, 2.45) is 23.1 Å². The third-order valence-electron chi connectivity index (χ3n) is 5.36. The maximum absolute atomic E-state index is 12.5. The summed E-state index contributed by atoms with van der Waals surface area (Å²) in [5.41, 5.74) is 16.8. The van der Waals surface area contributed by atoms with Gasteiger partial charge in [0.15, 0.2) is 5.78 Å². The number of amides is 4. The molecular weight excluding hydrogens is 454 g/mol. The van der Waals surface area contributed by atoms with Gasteiger partial charge in [-0.05, 0) is 62.9 Å². The Bertz CT molecular complexity index is 915. The predicted molar refractivity (Wildman–Crippen MR) is 130 cm³/mol. The van der Waals surface area contributed by atoms with Gasteiger partial charge >= 0.3 is 0 Å². The number of hydrogen-bond acceptors (Lipinski definition) is 7. The van der Waals surface area contributed by atoms with Crippen molar-refractivity contribution < 1.29 is 29.1 Å². The number of Topliss-reactive ketones (excluding diaryl/α,β-unsaturated/α-hetero) is 1. The molecular formula is C24H35N5O6. The van der Waals surface area contributed by atoms with Crippen LogP contribution in [0.25, 0.3) is 6.08 Å². The topological polar surface area (TPSA) is 208 Å². The lowest BCUT2D eigenvalue weighted by molar-refractivity contribution is -0.130. The van der Waals surface area contributed by atoms with E-state index in [1.54, 1.807) is 12.1 Å². The number of unbranched alkanes of at least 4 members (excludes halogenated alkanes) is 1. The van der Waals surface area contributed by atoms with Crippen LogP contribution >= 0.6 is 0 Å². The first-order valence-corrected chi connectivity index (χ1v) is 11.4. The minimum absolute atomic E-state index is 0.00259. The Labute approximate surface area is 204 Å². The molecule has 0 spiro atoms. The third-order valence-corrected chi connectivity index (χ3v) is 5.36. The highest BCUT2D eigenvalue weighted by molar-refractivity contribution is 5.97. The lowest BCUT2D eigenvalue weighted by atomic mass is 9.93. The third kappa shape index (κ3) is 11.8. The van der Waals surface area contributed by atoms with Crippen LogP contribution in [-0.4, -0.2) is 53.1 Å². The molecule has 0 bridgehead atoms. The van der Waals surface area contributed by atoms with E-state index in [-0.39, 0.29) is 25.0 Å². The van der Waals surface area contributed by atoms with Gasteiger partial charge in [-0.3, -0.25) is 24.0 Å². The van der Waals surface area contributed by atoms with E-state index < -0.39 is 47.4 Å². The first-order chi connectivity index (χ1) is 16.5. The average molecular weight is 490 g/mol. The van der Waals surface area contributed by atoms with E-state index >= 15 is 0 Å². The molecule has 0 aliphatic rings. The van der Waals surface area contributed by atoms with Crippen LogP contribution in [0.5, 0.6) is 5.75 Å². The van der Waals surface area contributed by atoms with Crippen LogP contribution in [0.2, 0.25) is 0 Å². The number of phenols is 1. The van der Waals surface area contributed by atoms with E-state index in [9.17, 15) is 29.1 Å². The van der Waals surface area contributed by atoms with Gasteiger partial charge in [0.05, 0.1) is 6.04 Å². The van der Waals surface area contributed by atoms with Crippen molar-refractivity contribution in [3.8, 4) is 5.75 Å². The standard InChI is InChI=1S/C24H35N5O6/c1-15(28-21(32)11-7-16-5-9-18(30)10-6-16)20(31)14-17(23(26)34)8-12-22(33)29-19(24(27)35)4-2-3-13-25/h5-7,9-11,15,17,19,30H,2-4,8,12-14,25H2,1H3,(H2,26,34)(H2,27,35)(H,28,32)(H,29,33)/b11-7+/t15?,17-,19?/m1/s1. The second-order valence-electron chi connectivity index (χ2n) is 8.27. The number of primary amides is 2. The molecule has 0 heterocycles. The van der Waals surface area contributed by atoms with Gasteiger partial charge < -0.3 is 32.9 Å².